The molecule has 76 valence electrons. The first-order valence-corrected chi connectivity index (χ1v) is 5.15. The molecular weight excluding hydrogens is 190 g/mol. The summed E-state index contributed by atoms with van der Waals surface area (Å²) in [6.45, 7) is 3.70. The second-order valence-corrected chi connectivity index (χ2v) is 4.09. The Morgan fingerprint density at radius 1 is 1.62 bits per heavy atom. The van der Waals surface area contributed by atoms with Gasteiger partial charge in [-0.25, -0.2) is 0 Å². The standard InChI is InChI=1S/C9H16ClNO2/c1-7-2-8(6-12)5-11(4-7)9(13)3-10/h7-8,12H,2-6H2,1H3. The molecule has 0 aromatic heterocycles. The molecule has 1 fully saturated rings. The van der Waals surface area contributed by atoms with Gasteiger partial charge in [-0.1, -0.05) is 6.92 Å². The van der Waals surface area contributed by atoms with Gasteiger partial charge in [-0.15, -0.1) is 11.6 Å². The summed E-state index contributed by atoms with van der Waals surface area (Å²) in [5.41, 5.74) is 0. The van der Waals surface area contributed by atoms with Crippen LogP contribution in [0.1, 0.15) is 13.3 Å². The lowest BCUT2D eigenvalue weighted by molar-refractivity contribution is -0.131. The van der Waals surface area contributed by atoms with Gasteiger partial charge in [-0.2, -0.15) is 0 Å². The molecule has 0 aromatic rings. The summed E-state index contributed by atoms with van der Waals surface area (Å²) >= 11 is 5.47. The van der Waals surface area contributed by atoms with Gasteiger partial charge in [0.1, 0.15) is 5.88 Å². The summed E-state index contributed by atoms with van der Waals surface area (Å²) in [6.07, 6.45) is 1.00. The maximum Gasteiger partial charge on any atom is 0.237 e. The van der Waals surface area contributed by atoms with Gasteiger partial charge in [0, 0.05) is 19.7 Å². The van der Waals surface area contributed by atoms with Crippen LogP contribution in [0, 0.1) is 11.8 Å². The molecule has 2 atom stereocenters. The van der Waals surface area contributed by atoms with E-state index >= 15 is 0 Å². The number of hydrogen-bond donors (Lipinski definition) is 1. The summed E-state index contributed by atoms with van der Waals surface area (Å²) in [5, 5.41) is 9.01. The van der Waals surface area contributed by atoms with Crippen LogP contribution >= 0.6 is 11.6 Å². The van der Waals surface area contributed by atoms with Crippen molar-refractivity contribution < 1.29 is 9.90 Å². The zero-order valence-electron chi connectivity index (χ0n) is 7.87. The first kappa shape index (κ1) is 10.8. The second-order valence-electron chi connectivity index (χ2n) is 3.82. The van der Waals surface area contributed by atoms with Crippen molar-refractivity contribution in [2.75, 3.05) is 25.6 Å². The van der Waals surface area contributed by atoms with E-state index in [1.165, 1.54) is 0 Å². The number of piperidine rings is 1. The third-order valence-corrected chi connectivity index (χ3v) is 2.70. The topological polar surface area (TPSA) is 40.5 Å². The summed E-state index contributed by atoms with van der Waals surface area (Å²) < 4.78 is 0. The molecule has 1 N–H and O–H groups in total. The van der Waals surface area contributed by atoms with E-state index in [0.29, 0.717) is 12.5 Å². The van der Waals surface area contributed by atoms with Crippen LogP contribution in [-0.2, 0) is 4.79 Å². The molecule has 0 radical (unpaired) electrons. The zero-order valence-corrected chi connectivity index (χ0v) is 8.63. The molecule has 13 heavy (non-hydrogen) atoms. The molecule has 1 aliphatic rings. The van der Waals surface area contributed by atoms with Crippen molar-refractivity contribution in [3.8, 4) is 0 Å². The van der Waals surface area contributed by atoms with Crippen molar-refractivity contribution in [2.45, 2.75) is 13.3 Å². The van der Waals surface area contributed by atoms with Gasteiger partial charge in [0.05, 0.1) is 0 Å². The zero-order chi connectivity index (χ0) is 9.84. The molecule has 1 rings (SSSR count). The van der Waals surface area contributed by atoms with Crippen molar-refractivity contribution >= 4 is 17.5 Å². The largest absolute Gasteiger partial charge is 0.396 e. The molecule has 3 nitrogen and oxygen atoms in total. The predicted molar refractivity (Wildman–Crippen MR) is 51.7 cm³/mol. The van der Waals surface area contributed by atoms with E-state index in [9.17, 15) is 4.79 Å². The maximum absolute atomic E-state index is 11.3. The van der Waals surface area contributed by atoms with E-state index in [2.05, 4.69) is 6.92 Å². The van der Waals surface area contributed by atoms with Crippen LogP contribution in [0.25, 0.3) is 0 Å². The highest BCUT2D eigenvalue weighted by atomic mass is 35.5. The SMILES string of the molecule is CC1CC(CO)CN(C(=O)CCl)C1. The maximum atomic E-state index is 11.3. The molecule has 2 unspecified atom stereocenters. The van der Waals surface area contributed by atoms with Crippen LogP contribution in [0.2, 0.25) is 0 Å². The first-order valence-electron chi connectivity index (χ1n) is 4.62. The lowest BCUT2D eigenvalue weighted by Crippen LogP contribution is -2.44. The van der Waals surface area contributed by atoms with E-state index in [4.69, 9.17) is 16.7 Å². The van der Waals surface area contributed by atoms with Crippen LogP contribution in [0.4, 0.5) is 0 Å². The highest BCUT2D eigenvalue weighted by Crippen LogP contribution is 2.21. The Kier molecular flexibility index (Phi) is 4.00. The summed E-state index contributed by atoms with van der Waals surface area (Å²) in [7, 11) is 0. The van der Waals surface area contributed by atoms with Gasteiger partial charge in [-0.05, 0) is 18.3 Å². The smallest absolute Gasteiger partial charge is 0.237 e. The molecule has 4 heteroatoms. The van der Waals surface area contributed by atoms with Crippen molar-refractivity contribution in [3.63, 3.8) is 0 Å². The molecule has 1 aliphatic heterocycles. The van der Waals surface area contributed by atoms with Gasteiger partial charge in [-0.3, -0.25) is 4.79 Å². The fraction of sp³-hybridized carbons (Fsp3) is 0.889. The number of hydrogen-bond acceptors (Lipinski definition) is 2. The van der Waals surface area contributed by atoms with E-state index in [-0.39, 0.29) is 24.3 Å². The molecule has 0 spiro atoms. The lowest BCUT2D eigenvalue weighted by Gasteiger charge is -2.35. The van der Waals surface area contributed by atoms with E-state index < -0.39 is 0 Å². The number of likely N-dealkylation sites (tertiary alicyclic amines) is 1. The number of rotatable bonds is 2. The Hall–Kier alpha value is -0.280. The summed E-state index contributed by atoms with van der Waals surface area (Å²) in [6, 6.07) is 0. The molecule has 0 aromatic carbocycles. The number of halogens is 1. The monoisotopic (exact) mass is 205 g/mol. The molecule has 1 amide bonds. The van der Waals surface area contributed by atoms with Gasteiger partial charge in [0.2, 0.25) is 5.91 Å². The number of aliphatic hydroxyl groups excluding tert-OH is 1. The van der Waals surface area contributed by atoms with Crippen molar-refractivity contribution in [1.82, 2.24) is 4.90 Å². The molecule has 1 heterocycles. The van der Waals surface area contributed by atoms with Crippen molar-refractivity contribution in [3.05, 3.63) is 0 Å². The Bertz CT molecular complexity index is 186. The van der Waals surface area contributed by atoms with Crippen molar-refractivity contribution in [1.29, 1.82) is 0 Å². The van der Waals surface area contributed by atoms with Gasteiger partial charge >= 0.3 is 0 Å². The van der Waals surface area contributed by atoms with Crippen LogP contribution < -0.4 is 0 Å². The molecule has 0 bridgehead atoms. The predicted octanol–water partition coefficient (Wildman–Crippen LogP) is 0.702. The Morgan fingerprint density at radius 2 is 2.31 bits per heavy atom. The number of alkyl halides is 1. The Morgan fingerprint density at radius 3 is 2.85 bits per heavy atom. The van der Waals surface area contributed by atoms with Crippen molar-refractivity contribution in [2.24, 2.45) is 11.8 Å². The van der Waals surface area contributed by atoms with E-state index in [1.54, 1.807) is 4.90 Å². The number of amides is 1. The third-order valence-electron chi connectivity index (χ3n) is 2.47. The number of carbonyl (C=O) groups is 1. The normalized spacial score (nSPS) is 29.0. The Balaban J connectivity index is 2.51. The average molecular weight is 206 g/mol. The highest BCUT2D eigenvalue weighted by molar-refractivity contribution is 6.27. The second kappa shape index (κ2) is 4.82. The van der Waals surface area contributed by atoms with E-state index in [0.717, 1.165) is 13.0 Å². The van der Waals surface area contributed by atoms with E-state index in [1.807, 2.05) is 0 Å². The quantitative estimate of drug-likeness (QED) is 0.675. The fourth-order valence-corrected chi connectivity index (χ4v) is 2.07. The molecule has 0 aliphatic carbocycles. The Labute approximate surface area is 83.7 Å². The first-order chi connectivity index (χ1) is 6.17. The molecular formula is C9H16ClNO2. The minimum absolute atomic E-state index is 0.0216. The van der Waals surface area contributed by atoms with Gasteiger partial charge in [0.25, 0.3) is 0 Å². The fourth-order valence-electron chi connectivity index (χ4n) is 1.90. The number of carbonyl (C=O) groups excluding carboxylic acids is 1. The lowest BCUT2D eigenvalue weighted by atomic mass is 9.91. The molecule has 1 saturated heterocycles. The minimum Gasteiger partial charge on any atom is -0.396 e. The number of nitrogens with zero attached hydrogens (tertiary/aromatic N) is 1. The van der Waals surface area contributed by atoms with Crippen LogP contribution in [0.15, 0.2) is 0 Å². The van der Waals surface area contributed by atoms with Gasteiger partial charge in [0.15, 0.2) is 0 Å². The highest BCUT2D eigenvalue weighted by Gasteiger charge is 2.26. The average Bonchev–Trinajstić information content (AvgIpc) is 2.15. The minimum atomic E-state index is -0.0216. The van der Waals surface area contributed by atoms with Crippen LogP contribution in [-0.4, -0.2) is 41.5 Å². The third kappa shape index (κ3) is 2.85. The summed E-state index contributed by atoms with van der Waals surface area (Å²) in [5.74, 6) is 0.728. The molecule has 0 saturated carbocycles. The summed E-state index contributed by atoms with van der Waals surface area (Å²) in [4.78, 5) is 13.0. The van der Waals surface area contributed by atoms with Crippen LogP contribution in [0.3, 0.4) is 0 Å². The van der Waals surface area contributed by atoms with Gasteiger partial charge < -0.3 is 10.0 Å². The van der Waals surface area contributed by atoms with Crippen LogP contribution in [0.5, 0.6) is 0 Å². The number of aliphatic hydroxyl groups is 1.